The zero-order valence-electron chi connectivity index (χ0n) is 26.1. The van der Waals surface area contributed by atoms with Gasteiger partial charge < -0.3 is 25.8 Å². The largest absolute Gasteiger partial charge is 0.385 e. The van der Waals surface area contributed by atoms with Crippen LogP contribution in [-0.4, -0.2) is 52.7 Å². The summed E-state index contributed by atoms with van der Waals surface area (Å²) in [7, 11) is 0. The van der Waals surface area contributed by atoms with E-state index in [0.717, 1.165) is 31.2 Å². The van der Waals surface area contributed by atoms with E-state index in [-0.39, 0.29) is 37.2 Å². The summed E-state index contributed by atoms with van der Waals surface area (Å²) in [4.78, 5) is 44.4. The van der Waals surface area contributed by atoms with E-state index in [4.69, 9.17) is 4.74 Å². The van der Waals surface area contributed by atoms with Gasteiger partial charge in [0.1, 0.15) is 12.1 Å². The van der Waals surface area contributed by atoms with E-state index in [1.807, 2.05) is 58.0 Å². The van der Waals surface area contributed by atoms with Gasteiger partial charge >= 0.3 is 0 Å². The zero-order valence-corrected chi connectivity index (χ0v) is 26.1. The van der Waals surface area contributed by atoms with Crippen molar-refractivity contribution in [3.8, 4) is 0 Å². The molecule has 9 heteroatoms. The Morgan fingerprint density at radius 1 is 0.884 bits per heavy atom. The minimum Gasteiger partial charge on any atom is -0.385 e. The lowest BCUT2D eigenvalue weighted by atomic mass is 9.83. The maximum atomic E-state index is 13.8. The van der Waals surface area contributed by atoms with Gasteiger partial charge in [-0.1, -0.05) is 96.2 Å². The van der Waals surface area contributed by atoms with Crippen LogP contribution in [0.5, 0.6) is 0 Å². The predicted molar refractivity (Wildman–Crippen MR) is 167 cm³/mol. The quantitative estimate of drug-likeness (QED) is 0.213. The molecule has 3 amide bonds. The monoisotopic (exact) mass is 594 g/mol. The molecule has 1 heterocycles. The van der Waals surface area contributed by atoms with Gasteiger partial charge in [0.15, 0.2) is 0 Å². The topological polar surface area (TPSA) is 130 Å². The average molecular weight is 595 g/mol. The molecular weight excluding hydrogens is 544 g/mol. The van der Waals surface area contributed by atoms with Crippen LogP contribution in [0.1, 0.15) is 90.0 Å². The summed E-state index contributed by atoms with van der Waals surface area (Å²) in [6.07, 6.45) is 5.98. The summed E-state index contributed by atoms with van der Waals surface area (Å²) in [5.41, 5.74) is 1.35. The smallest absolute Gasteiger partial charge is 0.270 e. The van der Waals surface area contributed by atoms with Crippen LogP contribution in [0.15, 0.2) is 54.7 Å². The first kappa shape index (κ1) is 34.2. The Kier molecular flexibility index (Phi) is 14.1. The highest BCUT2D eigenvalue weighted by molar-refractivity contribution is 5.91. The number of aliphatic hydroxyl groups is 1. The first-order chi connectivity index (χ1) is 20.6. The van der Waals surface area contributed by atoms with E-state index in [9.17, 15) is 19.5 Å². The minimum absolute atomic E-state index is 0.107. The second-order valence-corrected chi connectivity index (χ2v) is 12.6. The fourth-order valence-corrected chi connectivity index (χ4v) is 5.45. The Balaban J connectivity index is 1.80. The minimum atomic E-state index is -1.31. The van der Waals surface area contributed by atoms with Gasteiger partial charge in [0, 0.05) is 19.0 Å². The molecule has 236 valence electrons. The molecule has 1 fully saturated rings. The van der Waals surface area contributed by atoms with Crippen LogP contribution in [0.25, 0.3) is 0 Å². The van der Waals surface area contributed by atoms with E-state index in [1.165, 1.54) is 6.42 Å². The number of aromatic nitrogens is 1. The number of hydrogen-bond acceptors (Lipinski definition) is 6. The highest BCUT2D eigenvalue weighted by Crippen LogP contribution is 2.30. The van der Waals surface area contributed by atoms with Gasteiger partial charge in [-0.25, -0.2) is 0 Å². The molecule has 1 aliphatic rings. The van der Waals surface area contributed by atoms with E-state index in [2.05, 4.69) is 20.9 Å². The molecule has 3 rings (SSSR count). The van der Waals surface area contributed by atoms with Crippen molar-refractivity contribution < 1.29 is 24.2 Å². The summed E-state index contributed by atoms with van der Waals surface area (Å²) < 4.78 is 5.93. The van der Waals surface area contributed by atoms with Crippen LogP contribution in [0, 0.1) is 17.8 Å². The zero-order chi connectivity index (χ0) is 31.2. The normalized spacial score (nSPS) is 16.7. The van der Waals surface area contributed by atoms with Gasteiger partial charge in [-0.2, -0.15) is 0 Å². The Hall–Kier alpha value is -3.30. The molecule has 0 bridgehead atoms. The van der Waals surface area contributed by atoms with E-state index in [0.29, 0.717) is 18.0 Å². The first-order valence-electron chi connectivity index (χ1n) is 15.8. The number of aliphatic hydroxyl groups excluding tert-OH is 1. The highest BCUT2D eigenvalue weighted by Gasteiger charge is 2.33. The van der Waals surface area contributed by atoms with E-state index in [1.54, 1.807) is 24.4 Å². The van der Waals surface area contributed by atoms with Crippen LogP contribution in [-0.2, 0) is 25.5 Å². The molecule has 0 spiro atoms. The van der Waals surface area contributed by atoms with Gasteiger partial charge in [-0.05, 0) is 41.9 Å². The van der Waals surface area contributed by atoms with E-state index >= 15 is 0 Å². The number of amides is 3. The Morgan fingerprint density at radius 3 is 2.21 bits per heavy atom. The van der Waals surface area contributed by atoms with Crippen molar-refractivity contribution in [2.75, 3.05) is 6.61 Å². The molecule has 0 radical (unpaired) electrons. The van der Waals surface area contributed by atoms with Crippen molar-refractivity contribution in [3.05, 3.63) is 66.0 Å². The number of hydrogen-bond donors (Lipinski definition) is 4. The molecule has 1 aromatic heterocycles. The third kappa shape index (κ3) is 12.1. The number of nitrogens with zero attached hydrogens (tertiary/aromatic N) is 1. The van der Waals surface area contributed by atoms with Gasteiger partial charge in [0.25, 0.3) is 5.91 Å². The number of carbonyl (C=O) groups is 3. The van der Waals surface area contributed by atoms with Gasteiger partial charge in [-0.15, -0.1) is 0 Å². The van der Waals surface area contributed by atoms with Crippen LogP contribution in [0.2, 0.25) is 0 Å². The second-order valence-electron chi connectivity index (χ2n) is 12.6. The fraction of sp³-hybridized carbons (Fsp3) is 0.588. The lowest BCUT2D eigenvalue weighted by molar-refractivity contribution is -0.144. The maximum absolute atomic E-state index is 13.8. The molecule has 1 aliphatic carbocycles. The Morgan fingerprint density at radius 2 is 1.58 bits per heavy atom. The third-order valence-electron chi connectivity index (χ3n) is 7.65. The van der Waals surface area contributed by atoms with Gasteiger partial charge in [-0.3, -0.25) is 19.4 Å². The molecule has 4 atom stereocenters. The number of pyridine rings is 1. The van der Waals surface area contributed by atoms with Crippen molar-refractivity contribution in [2.24, 2.45) is 17.8 Å². The third-order valence-corrected chi connectivity index (χ3v) is 7.65. The Bertz CT molecular complexity index is 1120. The number of nitrogens with one attached hydrogen (secondary N) is 3. The Labute approximate surface area is 256 Å². The second kappa shape index (κ2) is 17.7. The van der Waals surface area contributed by atoms with Crippen LogP contribution >= 0.6 is 0 Å². The van der Waals surface area contributed by atoms with Crippen molar-refractivity contribution in [2.45, 2.75) is 103 Å². The van der Waals surface area contributed by atoms with E-state index < -0.39 is 36.2 Å². The number of carbonyl (C=O) groups excluding carboxylic acids is 3. The fourth-order valence-electron chi connectivity index (χ4n) is 5.45. The van der Waals surface area contributed by atoms with Crippen LogP contribution < -0.4 is 16.0 Å². The van der Waals surface area contributed by atoms with Gasteiger partial charge in [0.05, 0.1) is 18.3 Å². The summed E-state index contributed by atoms with van der Waals surface area (Å²) in [5.74, 6) is -0.694. The maximum Gasteiger partial charge on any atom is 0.270 e. The molecule has 9 nitrogen and oxygen atoms in total. The van der Waals surface area contributed by atoms with Crippen molar-refractivity contribution in [1.29, 1.82) is 0 Å². The molecule has 1 saturated carbocycles. The summed E-state index contributed by atoms with van der Waals surface area (Å²) in [5, 5.41) is 19.9. The molecule has 0 aliphatic heterocycles. The summed E-state index contributed by atoms with van der Waals surface area (Å²) in [6, 6.07) is 13.2. The molecule has 4 N–H and O–H groups in total. The number of benzene rings is 1. The highest BCUT2D eigenvalue weighted by atomic mass is 16.5. The van der Waals surface area contributed by atoms with Crippen LogP contribution in [0.3, 0.4) is 0 Å². The summed E-state index contributed by atoms with van der Waals surface area (Å²) in [6.45, 7) is 8.03. The SMILES string of the molecule is CC(C)CO[C@H](NC(=O)[C@H](Cc1ccccc1)NC(=O)CC(C)C)C(=O)NC(CC1CCCCC1)[C@@H](O)c1ccccn1. The summed E-state index contributed by atoms with van der Waals surface area (Å²) >= 11 is 0. The van der Waals surface area contributed by atoms with Crippen molar-refractivity contribution in [1.82, 2.24) is 20.9 Å². The van der Waals surface area contributed by atoms with Crippen molar-refractivity contribution in [3.63, 3.8) is 0 Å². The molecule has 2 aromatic rings. The first-order valence-corrected chi connectivity index (χ1v) is 15.8. The molecule has 43 heavy (non-hydrogen) atoms. The molecular formula is C34H50N4O5. The predicted octanol–water partition coefficient (Wildman–Crippen LogP) is 4.46. The lowest BCUT2D eigenvalue weighted by Crippen LogP contribution is -2.57. The van der Waals surface area contributed by atoms with Crippen molar-refractivity contribution >= 4 is 17.7 Å². The lowest BCUT2D eigenvalue weighted by Gasteiger charge is -2.31. The van der Waals surface area contributed by atoms with Gasteiger partial charge in [0.2, 0.25) is 18.0 Å². The molecule has 1 aromatic carbocycles. The van der Waals surface area contributed by atoms with Crippen LogP contribution in [0.4, 0.5) is 0 Å². The molecule has 1 unspecified atom stereocenters. The standard InChI is InChI=1S/C34H50N4O5/c1-23(2)19-30(39)36-29(21-26-15-9-6-10-16-26)32(41)38-34(43-22-24(3)4)33(42)37-28(20-25-13-7-5-8-14-25)31(40)27-17-11-12-18-35-27/h6,9-12,15-18,23-25,28-29,31,34,40H,5,7-8,13-14,19-22H2,1-4H3,(H,36,39)(H,37,42)(H,38,41)/t28?,29-,31-,34-/m0/s1. The number of ether oxygens (including phenoxy) is 1. The molecule has 0 saturated heterocycles. The number of rotatable bonds is 16. The average Bonchev–Trinajstić information content (AvgIpc) is 2.99.